The van der Waals surface area contributed by atoms with Crippen molar-refractivity contribution in [3.63, 3.8) is 0 Å². The number of hydrogen-bond donors (Lipinski definition) is 1. The summed E-state index contributed by atoms with van der Waals surface area (Å²) in [5.41, 5.74) is -0.194. The lowest BCUT2D eigenvalue weighted by Gasteiger charge is -2.24. The first-order valence-corrected chi connectivity index (χ1v) is 7.73. The quantitative estimate of drug-likeness (QED) is 0.639. The molecule has 0 aliphatic heterocycles. The summed E-state index contributed by atoms with van der Waals surface area (Å²) in [6.45, 7) is 7.17. The minimum absolute atomic E-state index is 0.0868. The molecular formula is C14H19NO5S. The first-order chi connectivity index (χ1) is 9.75. The van der Waals surface area contributed by atoms with Crippen molar-refractivity contribution >= 4 is 16.0 Å². The highest BCUT2D eigenvalue weighted by molar-refractivity contribution is 7.89. The van der Waals surface area contributed by atoms with Gasteiger partial charge in [0.2, 0.25) is 10.0 Å². The van der Waals surface area contributed by atoms with Gasteiger partial charge in [-0.2, -0.15) is 4.31 Å². The first kappa shape index (κ1) is 17.2. The molecule has 1 aromatic carbocycles. The predicted molar refractivity (Wildman–Crippen MR) is 78.7 cm³/mol. The van der Waals surface area contributed by atoms with Crippen LogP contribution in [-0.4, -0.2) is 43.5 Å². The van der Waals surface area contributed by atoms with Crippen LogP contribution in [0.1, 0.15) is 24.2 Å². The molecule has 0 aliphatic rings. The van der Waals surface area contributed by atoms with Crippen molar-refractivity contribution in [3.8, 4) is 5.75 Å². The Morgan fingerprint density at radius 1 is 1.48 bits per heavy atom. The second-order valence-corrected chi connectivity index (χ2v) is 6.52. The molecule has 116 valence electrons. The van der Waals surface area contributed by atoms with Crippen LogP contribution in [0.5, 0.6) is 5.75 Å². The largest absolute Gasteiger partial charge is 0.507 e. The normalized spacial score (nSPS) is 11.7. The third-order valence-electron chi connectivity index (χ3n) is 2.86. The second kappa shape index (κ2) is 6.73. The predicted octanol–water partition coefficient (Wildman–Crippen LogP) is 1.76. The van der Waals surface area contributed by atoms with Crippen LogP contribution in [0.25, 0.3) is 0 Å². The molecule has 0 atom stereocenters. The van der Waals surface area contributed by atoms with Crippen molar-refractivity contribution in [3.05, 3.63) is 36.4 Å². The summed E-state index contributed by atoms with van der Waals surface area (Å²) >= 11 is 0. The van der Waals surface area contributed by atoms with Gasteiger partial charge in [-0.3, -0.25) is 0 Å². The van der Waals surface area contributed by atoms with Crippen molar-refractivity contribution in [2.24, 2.45) is 0 Å². The lowest BCUT2D eigenvalue weighted by atomic mass is 10.2. The second-order valence-electron chi connectivity index (χ2n) is 4.63. The van der Waals surface area contributed by atoms with Crippen LogP contribution in [0, 0.1) is 0 Å². The Morgan fingerprint density at radius 3 is 2.57 bits per heavy atom. The Hall–Kier alpha value is -1.86. The minimum Gasteiger partial charge on any atom is -0.507 e. The molecular weight excluding hydrogens is 294 g/mol. The molecule has 7 heteroatoms. The SMILES string of the molecule is C=CCN(C(C)C)S(=O)(=O)c1ccc(O)c(C(=O)OC)c1. The first-order valence-electron chi connectivity index (χ1n) is 6.29. The van der Waals surface area contributed by atoms with Gasteiger partial charge < -0.3 is 9.84 Å². The van der Waals surface area contributed by atoms with E-state index in [1.807, 2.05) is 0 Å². The highest BCUT2D eigenvalue weighted by Gasteiger charge is 2.27. The Kier molecular flexibility index (Phi) is 5.51. The van der Waals surface area contributed by atoms with Gasteiger partial charge in [-0.1, -0.05) is 6.08 Å². The molecule has 0 fully saturated rings. The molecule has 0 amide bonds. The average Bonchev–Trinajstić information content (AvgIpc) is 2.43. The van der Waals surface area contributed by atoms with Gasteiger partial charge in [0.1, 0.15) is 11.3 Å². The molecule has 0 saturated heterocycles. The summed E-state index contributed by atoms with van der Waals surface area (Å²) in [7, 11) is -2.65. The summed E-state index contributed by atoms with van der Waals surface area (Å²) in [5.74, 6) is -1.13. The van der Waals surface area contributed by atoms with Crippen LogP contribution in [0.15, 0.2) is 35.7 Å². The van der Waals surface area contributed by atoms with E-state index in [0.717, 1.165) is 19.2 Å². The number of esters is 1. The average molecular weight is 313 g/mol. The van der Waals surface area contributed by atoms with Gasteiger partial charge in [0.25, 0.3) is 0 Å². The Labute approximate surface area is 124 Å². The van der Waals surface area contributed by atoms with Crippen LogP contribution in [0.3, 0.4) is 0 Å². The van der Waals surface area contributed by atoms with E-state index in [-0.39, 0.29) is 28.8 Å². The third kappa shape index (κ3) is 3.62. The highest BCUT2D eigenvalue weighted by atomic mass is 32.2. The Balaban J connectivity index is 3.38. The molecule has 0 aliphatic carbocycles. The smallest absolute Gasteiger partial charge is 0.341 e. The van der Waals surface area contributed by atoms with Crippen molar-refractivity contribution in [2.75, 3.05) is 13.7 Å². The Morgan fingerprint density at radius 2 is 2.10 bits per heavy atom. The van der Waals surface area contributed by atoms with Gasteiger partial charge in [-0.05, 0) is 32.0 Å². The van der Waals surface area contributed by atoms with Gasteiger partial charge >= 0.3 is 5.97 Å². The summed E-state index contributed by atoms with van der Waals surface area (Å²) in [5, 5.41) is 9.63. The molecule has 0 saturated carbocycles. The van der Waals surface area contributed by atoms with E-state index >= 15 is 0 Å². The van der Waals surface area contributed by atoms with Crippen LogP contribution in [0.2, 0.25) is 0 Å². The summed E-state index contributed by atoms with van der Waals surface area (Å²) < 4.78 is 30.9. The maximum absolute atomic E-state index is 12.6. The van der Waals surface area contributed by atoms with Crippen LogP contribution < -0.4 is 0 Å². The van der Waals surface area contributed by atoms with Crippen molar-refractivity contribution in [2.45, 2.75) is 24.8 Å². The van der Waals surface area contributed by atoms with E-state index in [0.29, 0.717) is 0 Å². The fourth-order valence-corrected chi connectivity index (χ4v) is 3.43. The van der Waals surface area contributed by atoms with E-state index in [2.05, 4.69) is 11.3 Å². The zero-order valence-corrected chi connectivity index (χ0v) is 13.1. The Bertz CT molecular complexity index is 637. The number of ether oxygens (including phenoxy) is 1. The zero-order chi connectivity index (χ0) is 16.2. The van der Waals surface area contributed by atoms with E-state index in [4.69, 9.17) is 0 Å². The molecule has 0 radical (unpaired) electrons. The number of methoxy groups -OCH3 is 1. The monoisotopic (exact) mass is 313 g/mol. The van der Waals surface area contributed by atoms with Gasteiger partial charge in [-0.25, -0.2) is 13.2 Å². The third-order valence-corrected chi connectivity index (χ3v) is 4.90. The highest BCUT2D eigenvalue weighted by Crippen LogP contribution is 2.25. The van der Waals surface area contributed by atoms with Crippen LogP contribution in [-0.2, 0) is 14.8 Å². The van der Waals surface area contributed by atoms with Gasteiger partial charge in [0.15, 0.2) is 0 Å². The molecule has 0 bridgehead atoms. The number of nitrogens with zero attached hydrogens (tertiary/aromatic N) is 1. The number of aromatic hydroxyl groups is 1. The molecule has 21 heavy (non-hydrogen) atoms. The molecule has 1 rings (SSSR count). The minimum atomic E-state index is -3.80. The van der Waals surface area contributed by atoms with Crippen molar-refractivity contribution in [1.29, 1.82) is 0 Å². The molecule has 6 nitrogen and oxygen atoms in total. The number of carbonyl (C=O) groups is 1. The van der Waals surface area contributed by atoms with E-state index in [1.54, 1.807) is 13.8 Å². The van der Waals surface area contributed by atoms with E-state index in [1.165, 1.54) is 16.4 Å². The fourth-order valence-electron chi connectivity index (χ4n) is 1.80. The van der Waals surface area contributed by atoms with Crippen LogP contribution >= 0.6 is 0 Å². The number of phenolic OH excluding ortho intramolecular Hbond substituents is 1. The van der Waals surface area contributed by atoms with E-state index < -0.39 is 16.0 Å². The summed E-state index contributed by atoms with van der Waals surface area (Å²) in [4.78, 5) is 11.4. The number of hydrogen-bond acceptors (Lipinski definition) is 5. The number of sulfonamides is 1. The summed E-state index contributed by atoms with van der Waals surface area (Å²) in [6.07, 6.45) is 1.49. The topological polar surface area (TPSA) is 83.9 Å². The van der Waals surface area contributed by atoms with E-state index in [9.17, 15) is 18.3 Å². The number of carbonyl (C=O) groups excluding carboxylic acids is 1. The van der Waals surface area contributed by atoms with Gasteiger partial charge in [0, 0.05) is 12.6 Å². The molecule has 1 aromatic rings. The van der Waals surface area contributed by atoms with Gasteiger partial charge in [-0.15, -0.1) is 6.58 Å². The molecule has 0 spiro atoms. The van der Waals surface area contributed by atoms with Crippen molar-refractivity contribution in [1.82, 2.24) is 4.31 Å². The lowest BCUT2D eigenvalue weighted by molar-refractivity contribution is 0.0597. The molecule has 0 aromatic heterocycles. The number of rotatable bonds is 6. The summed E-state index contributed by atoms with van der Waals surface area (Å²) in [6, 6.07) is 3.24. The van der Waals surface area contributed by atoms with Crippen molar-refractivity contribution < 1.29 is 23.1 Å². The van der Waals surface area contributed by atoms with Crippen LogP contribution in [0.4, 0.5) is 0 Å². The lowest BCUT2D eigenvalue weighted by Crippen LogP contribution is -2.37. The number of benzene rings is 1. The molecule has 1 N–H and O–H groups in total. The fraction of sp³-hybridized carbons (Fsp3) is 0.357. The number of phenols is 1. The standard InChI is InChI=1S/C14H19NO5S/c1-5-8-15(10(2)3)21(18,19)11-6-7-13(16)12(9-11)14(17)20-4/h5-7,9-10,16H,1,8H2,2-4H3. The maximum Gasteiger partial charge on any atom is 0.341 e. The molecule has 0 unspecified atom stereocenters. The van der Waals surface area contributed by atoms with Gasteiger partial charge in [0.05, 0.1) is 12.0 Å². The molecule has 0 heterocycles. The zero-order valence-electron chi connectivity index (χ0n) is 12.2. The maximum atomic E-state index is 12.6.